The lowest BCUT2D eigenvalue weighted by Crippen LogP contribution is -2.22. The molecule has 3 aromatic carbocycles. The van der Waals surface area contributed by atoms with Gasteiger partial charge in [-0.3, -0.25) is 9.59 Å². The van der Waals surface area contributed by atoms with Crippen LogP contribution in [0, 0.1) is 0 Å². The van der Waals surface area contributed by atoms with Crippen molar-refractivity contribution in [2.45, 2.75) is 17.1 Å². The molecule has 1 aliphatic rings. The smallest absolute Gasteiger partial charge is 0.257 e. The Morgan fingerprint density at radius 3 is 2.53 bits per heavy atom. The van der Waals surface area contributed by atoms with E-state index < -0.39 is 0 Å². The number of carbonyl (C=O) groups is 2. The van der Waals surface area contributed by atoms with Crippen LogP contribution >= 0.6 is 35.0 Å². The molecule has 0 radical (unpaired) electrons. The van der Waals surface area contributed by atoms with Crippen LogP contribution in [0.5, 0.6) is 11.5 Å². The maximum atomic E-state index is 12.6. The third kappa shape index (κ3) is 5.30. The number of ether oxygens (including phenoxy) is 2. The molecule has 2 N–H and O–H groups in total. The van der Waals surface area contributed by atoms with Crippen LogP contribution in [0.4, 0.5) is 11.4 Å². The molecular weight excluding hydrogens is 471 g/mol. The Morgan fingerprint density at radius 1 is 0.938 bits per heavy atom. The molecule has 3 aromatic rings. The van der Waals surface area contributed by atoms with E-state index in [4.69, 9.17) is 32.7 Å². The number of thioether (sulfide) groups is 1. The summed E-state index contributed by atoms with van der Waals surface area (Å²) in [5, 5.41) is 6.05. The topological polar surface area (TPSA) is 76.7 Å². The normalized spacial score (nSPS) is 12.8. The van der Waals surface area contributed by atoms with Crippen LogP contribution in [0.25, 0.3) is 0 Å². The van der Waals surface area contributed by atoms with Crippen molar-refractivity contribution in [3.63, 3.8) is 0 Å². The minimum Gasteiger partial charge on any atom is -0.454 e. The molecule has 1 aliphatic heterocycles. The molecule has 1 heterocycles. The zero-order valence-electron chi connectivity index (χ0n) is 16.9. The van der Waals surface area contributed by atoms with Gasteiger partial charge in [0.2, 0.25) is 12.7 Å². The lowest BCUT2D eigenvalue weighted by molar-refractivity contribution is -0.115. The van der Waals surface area contributed by atoms with Crippen LogP contribution in [0.2, 0.25) is 10.0 Å². The predicted molar refractivity (Wildman–Crippen MR) is 127 cm³/mol. The molecule has 32 heavy (non-hydrogen) atoms. The van der Waals surface area contributed by atoms with Gasteiger partial charge in [0.1, 0.15) is 0 Å². The summed E-state index contributed by atoms with van der Waals surface area (Å²) in [6.45, 7) is 1.99. The second-order valence-electron chi connectivity index (χ2n) is 6.92. The maximum Gasteiger partial charge on any atom is 0.257 e. The SMILES string of the molecule is CC(Sc1cccc(NC(=O)c2ccc(Cl)cc2Cl)c1)C(=O)Nc1ccc2c(c1)OCO2. The Labute approximate surface area is 199 Å². The average Bonchev–Trinajstić information content (AvgIpc) is 3.21. The minimum atomic E-state index is -0.378. The van der Waals surface area contributed by atoms with Crippen molar-refractivity contribution in [3.05, 3.63) is 76.3 Å². The van der Waals surface area contributed by atoms with Crippen LogP contribution in [-0.4, -0.2) is 23.9 Å². The van der Waals surface area contributed by atoms with Gasteiger partial charge in [-0.05, 0) is 55.5 Å². The maximum absolute atomic E-state index is 12.6. The standard InChI is InChI=1S/C23H18Cl2N2O4S/c1-13(22(28)26-16-6-8-20-21(11-16)31-12-30-20)32-17-4-2-3-15(10-17)27-23(29)18-7-5-14(24)9-19(18)25/h2-11,13H,12H2,1H3,(H,26,28)(H,27,29). The van der Waals surface area contributed by atoms with E-state index in [9.17, 15) is 9.59 Å². The van der Waals surface area contributed by atoms with E-state index in [1.165, 1.54) is 17.8 Å². The van der Waals surface area contributed by atoms with E-state index in [1.54, 1.807) is 42.5 Å². The van der Waals surface area contributed by atoms with Gasteiger partial charge in [-0.1, -0.05) is 29.3 Å². The van der Waals surface area contributed by atoms with Gasteiger partial charge < -0.3 is 20.1 Å². The Morgan fingerprint density at radius 2 is 1.72 bits per heavy atom. The Bertz CT molecular complexity index is 1190. The second kappa shape index (κ2) is 9.73. The van der Waals surface area contributed by atoms with Crippen LogP contribution in [-0.2, 0) is 4.79 Å². The number of anilines is 2. The Hall–Kier alpha value is -2.87. The summed E-state index contributed by atoms with van der Waals surface area (Å²) in [4.78, 5) is 26.0. The Kier molecular flexibility index (Phi) is 6.79. The van der Waals surface area contributed by atoms with E-state index in [0.29, 0.717) is 33.5 Å². The first-order chi connectivity index (χ1) is 15.4. The molecule has 0 saturated carbocycles. The summed E-state index contributed by atoms with van der Waals surface area (Å²) in [5.74, 6) is 0.759. The van der Waals surface area contributed by atoms with Gasteiger partial charge in [0.05, 0.1) is 15.8 Å². The number of benzene rings is 3. The van der Waals surface area contributed by atoms with E-state index in [1.807, 2.05) is 19.1 Å². The number of hydrogen-bond donors (Lipinski definition) is 2. The van der Waals surface area contributed by atoms with Gasteiger partial charge in [-0.2, -0.15) is 0 Å². The summed E-state index contributed by atoms with van der Waals surface area (Å²) in [6, 6.07) is 17.2. The molecule has 1 atom stereocenters. The summed E-state index contributed by atoms with van der Waals surface area (Å²) in [7, 11) is 0. The summed E-state index contributed by atoms with van der Waals surface area (Å²) in [6.07, 6.45) is 0. The first kappa shape index (κ1) is 22.3. The molecule has 2 amide bonds. The molecule has 0 fully saturated rings. The quantitative estimate of drug-likeness (QED) is 0.410. The fourth-order valence-corrected chi connectivity index (χ4v) is 4.42. The van der Waals surface area contributed by atoms with E-state index >= 15 is 0 Å². The molecule has 164 valence electrons. The van der Waals surface area contributed by atoms with Crippen molar-refractivity contribution in [3.8, 4) is 11.5 Å². The lowest BCUT2D eigenvalue weighted by atomic mass is 10.2. The van der Waals surface area contributed by atoms with Gasteiger partial charge in [0, 0.05) is 27.4 Å². The molecule has 1 unspecified atom stereocenters. The first-order valence-electron chi connectivity index (χ1n) is 9.63. The van der Waals surface area contributed by atoms with Crippen LogP contribution in [0.1, 0.15) is 17.3 Å². The fourth-order valence-electron chi connectivity index (χ4n) is 3.00. The highest BCUT2D eigenvalue weighted by Gasteiger charge is 2.18. The van der Waals surface area contributed by atoms with Crippen molar-refractivity contribution in [2.75, 3.05) is 17.4 Å². The average molecular weight is 489 g/mol. The monoisotopic (exact) mass is 488 g/mol. The van der Waals surface area contributed by atoms with Crippen LogP contribution < -0.4 is 20.1 Å². The minimum absolute atomic E-state index is 0.156. The van der Waals surface area contributed by atoms with Crippen LogP contribution in [0.3, 0.4) is 0 Å². The fraction of sp³-hybridized carbons (Fsp3) is 0.130. The zero-order valence-corrected chi connectivity index (χ0v) is 19.2. The van der Waals surface area contributed by atoms with E-state index in [0.717, 1.165) is 4.90 Å². The molecule has 4 rings (SSSR count). The van der Waals surface area contributed by atoms with Crippen molar-refractivity contribution < 1.29 is 19.1 Å². The van der Waals surface area contributed by atoms with E-state index in [2.05, 4.69) is 10.6 Å². The zero-order chi connectivity index (χ0) is 22.7. The number of rotatable bonds is 6. The molecule has 0 spiro atoms. The van der Waals surface area contributed by atoms with Gasteiger partial charge in [-0.25, -0.2) is 0 Å². The third-order valence-electron chi connectivity index (χ3n) is 4.59. The van der Waals surface area contributed by atoms with Gasteiger partial charge >= 0.3 is 0 Å². The van der Waals surface area contributed by atoms with E-state index in [-0.39, 0.29) is 28.9 Å². The van der Waals surface area contributed by atoms with Crippen molar-refractivity contribution >= 4 is 58.2 Å². The number of carbonyl (C=O) groups excluding carboxylic acids is 2. The summed E-state index contributed by atoms with van der Waals surface area (Å²) < 4.78 is 10.6. The largest absolute Gasteiger partial charge is 0.454 e. The van der Waals surface area contributed by atoms with Crippen molar-refractivity contribution in [2.24, 2.45) is 0 Å². The third-order valence-corrected chi connectivity index (χ3v) is 6.23. The van der Waals surface area contributed by atoms with Crippen molar-refractivity contribution in [1.82, 2.24) is 0 Å². The number of nitrogens with one attached hydrogen (secondary N) is 2. The second-order valence-corrected chi connectivity index (χ2v) is 9.18. The van der Waals surface area contributed by atoms with Crippen LogP contribution in [0.15, 0.2) is 65.6 Å². The summed E-state index contributed by atoms with van der Waals surface area (Å²) >= 11 is 13.4. The number of amides is 2. The molecule has 0 bridgehead atoms. The highest BCUT2D eigenvalue weighted by Crippen LogP contribution is 2.34. The molecule has 6 nitrogen and oxygen atoms in total. The molecule has 0 aromatic heterocycles. The number of halogens is 2. The van der Waals surface area contributed by atoms with Gasteiger partial charge in [0.15, 0.2) is 11.5 Å². The highest BCUT2D eigenvalue weighted by atomic mass is 35.5. The van der Waals surface area contributed by atoms with Crippen molar-refractivity contribution in [1.29, 1.82) is 0 Å². The Balaban J connectivity index is 1.38. The highest BCUT2D eigenvalue weighted by molar-refractivity contribution is 8.00. The molecule has 9 heteroatoms. The molecular formula is C23H18Cl2N2O4S. The van der Waals surface area contributed by atoms with Gasteiger partial charge in [0.25, 0.3) is 5.91 Å². The predicted octanol–water partition coefficient (Wildman–Crippen LogP) is 6.09. The van der Waals surface area contributed by atoms with Gasteiger partial charge in [-0.15, -0.1) is 11.8 Å². The molecule has 0 aliphatic carbocycles. The molecule has 0 saturated heterocycles. The first-order valence-corrected chi connectivity index (χ1v) is 11.3. The number of fused-ring (bicyclic) bond motifs is 1. The number of hydrogen-bond acceptors (Lipinski definition) is 5. The summed E-state index contributed by atoms with van der Waals surface area (Å²) in [5.41, 5.74) is 1.55. The lowest BCUT2D eigenvalue weighted by Gasteiger charge is -2.13.